The summed E-state index contributed by atoms with van der Waals surface area (Å²) >= 11 is 0. The zero-order valence-electron chi connectivity index (χ0n) is 17.4. The fourth-order valence-electron chi connectivity index (χ4n) is 5.72. The SMILES string of the molecule is CC1CCC(C2CCC(c3cccc(Cc4cccc(N)c4)c3N)CC2)CC1. The van der Waals surface area contributed by atoms with Gasteiger partial charge in [-0.15, -0.1) is 0 Å². The molecule has 0 saturated heterocycles. The number of nitrogens with two attached hydrogens (primary N) is 2. The summed E-state index contributed by atoms with van der Waals surface area (Å²) in [5, 5.41) is 0. The number of anilines is 2. The summed E-state index contributed by atoms with van der Waals surface area (Å²) in [5.41, 5.74) is 18.3. The van der Waals surface area contributed by atoms with E-state index in [1.54, 1.807) is 0 Å². The molecule has 0 bridgehead atoms. The van der Waals surface area contributed by atoms with Gasteiger partial charge in [-0.05, 0) is 97.4 Å². The molecule has 150 valence electrons. The predicted octanol–water partition coefficient (Wildman–Crippen LogP) is 6.54. The van der Waals surface area contributed by atoms with Crippen LogP contribution in [0.1, 0.15) is 80.9 Å². The maximum absolute atomic E-state index is 6.66. The number of rotatable bonds is 4. The number of nitrogen functional groups attached to an aromatic ring is 2. The van der Waals surface area contributed by atoms with E-state index in [4.69, 9.17) is 11.5 Å². The Bertz CT molecular complexity index is 781. The Kier molecular flexibility index (Phi) is 5.94. The molecule has 2 fully saturated rings. The third-order valence-corrected chi connectivity index (χ3v) is 7.51. The molecule has 2 aliphatic rings. The molecule has 2 saturated carbocycles. The first-order valence-corrected chi connectivity index (χ1v) is 11.3. The molecule has 2 heteroatoms. The van der Waals surface area contributed by atoms with Gasteiger partial charge in [-0.3, -0.25) is 0 Å². The third kappa shape index (κ3) is 4.37. The van der Waals surface area contributed by atoms with Gasteiger partial charge in [0.2, 0.25) is 0 Å². The van der Waals surface area contributed by atoms with Gasteiger partial charge in [-0.1, -0.05) is 50.1 Å². The summed E-state index contributed by atoms with van der Waals surface area (Å²) in [5.74, 6) is 3.54. The average molecular weight is 377 g/mol. The minimum Gasteiger partial charge on any atom is -0.399 e. The molecule has 0 aliphatic heterocycles. The van der Waals surface area contributed by atoms with Crippen molar-refractivity contribution in [1.82, 2.24) is 0 Å². The van der Waals surface area contributed by atoms with E-state index in [0.29, 0.717) is 5.92 Å². The molecule has 28 heavy (non-hydrogen) atoms. The highest BCUT2D eigenvalue weighted by atomic mass is 14.6. The van der Waals surface area contributed by atoms with Crippen LogP contribution in [0.3, 0.4) is 0 Å². The van der Waals surface area contributed by atoms with Gasteiger partial charge in [0, 0.05) is 11.4 Å². The first kappa shape index (κ1) is 19.4. The van der Waals surface area contributed by atoms with Crippen LogP contribution in [-0.4, -0.2) is 0 Å². The summed E-state index contributed by atoms with van der Waals surface area (Å²) in [6.45, 7) is 2.42. The predicted molar refractivity (Wildman–Crippen MR) is 120 cm³/mol. The fraction of sp³-hybridized carbons (Fsp3) is 0.538. The summed E-state index contributed by atoms with van der Waals surface area (Å²) < 4.78 is 0. The lowest BCUT2D eigenvalue weighted by atomic mass is 9.68. The zero-order valence-corrected chi connectivity index (χ0v) is 17.4. The van der Waals surface area contributed by atoms with E-state index < -0.39 is 0 Å². The van der Waals surface area contributed by atoms with Gasteiger partial charge < -0.3 is 11.5 Å². The van der Waals surface area contributed by atoms with Crippen molar-refractivity contribution in [2.24, 2.45) is 17.8 Å². The molecule has 2 aromatic carbocycles. The quantitative estimate of drug-likeness (QED) is 0.595. The van der Waals surface area contributed by atoms with E-state index in [9.17, 15) is 0 Å². The number of hydrogen-bond donors (Lipinski definition) is 2. The maximum Gasteiger partial charge on any atom is 0.0385 e. The van der Waals surface area contributed by atoms with Crippen molar-refractivity contribution in [1.29, 1.82) is 0 Å². The lowest BCUT2D eigenvalue weighted by Crippen LogP contribution is -2.25. The Morgan fingerprint density at radius 2 is 1.43 bits per heavy atom. The molecule has 0 amide bonds. The van der Waals surface area contributed by atoms with Crippen molar-refractivity contribution in [3.8, 4) is 0 Å². The van der Waals surface area contributed by atoms with Crippen molar-refractivity contribution in [3.63, 3.8) is 0 Å². The van der Waals surface area contributed by atoms with Gasteiger partial charge >= 0.3 is 0 Å². The van der Waals surface area contributed by atoms with Crippen LogP contribution in [0.2, 0.25) is 0 Å². The summed E-state index contributed by atoms with van der Waals surface area (Å²) in [4.78, 5) is 0. The third-order valence-electron chi connectivity index (χ3n) is 7.51. The molecule has 4 N–H and O–H groups in total. The fourth-order valence-corrected chi connectivity index (χ4v) is 5.72. The number of benzene rings is 2. The lowest BCUT2D eigenvalue weighted by molar-refractivity contribution is 0.165. The van der Waals surface area contributed by atoms with Gasteiger partial charge in [-0.25, -0.2) is 0 Å². The molecule has 0 aromatic heterocycles. The minimum absolute atomic E-state index is 0.638. The standard InChI is InChI=1S/C26H36N2/c1-18-8-10-20(11-9-18)21-12-14-22(15-13-21)25-7-3-5-23(26(25)28)16-19-4-2-6-24(27)17-19/h2-7,17-18,20-22H,8-16,27-28H2,1H3. The van der Waals surface area contributed by atoms with Crippen molar-refractivity contribution in [2.75, 3.05) is 11.5 Å². The van der Waals surface area contributed by atoms with E-state index in [1.807, 2.05) is 12.1 Å². The van der Waals surface area contributed by atoms with Gasteiger partial charge in [-0.2, -0.15) is 0 Å². The van der Waals surface area contributed by atoms with E-state index in [2.05, 4.69) is 37.3 Å². The molecular weight excluding hydrogens is 340 g/mol. The van der Waals surface area contributed by atoms with Crippen LogP contribution in [0.5, 0.6) is 0 Å². The largest absolute Gasteiger partial charge is 0.399 e. The van der Waals surface area contributed by atoms with Crippen LogP contribution >= 0.6 is 0 Å². The van der Waals surface area contributed by atoms with Crippen molar-refractivity contribution < 1.29 is 0 Å². The number of hydrogen-bond acceptors (Lipinski definition) is 2. The lowest BCUT2D eigenvalue weighted by Gasteiger charge is -2.37. The molecule has 2 aromatic rings. The first-order chi connectivity index (χ1) is 13.6. The van der Waals surface area contributed by atoms with Gasteiger partial charge in [0.15, 0.2) is 0 Å². The van der Waals surface area contributed by atoms with Crippen molar-refractivity contribution in [2.45, 2.75) is 70.6 Å². The second-order valence-electron chi connectivity index (χ2n) is 9.47. The van der Waals surface area contributed by atoms with Crippen LogP contribution < -0.4 is 11.5 Å². The maximum atomic E-state index is 6.66. The van der Waals surface area contributed by atoms with Crippen LogP contribution in [-0.2, 0) is 6.42 Å². The first-order valence-electron chi connectivity index (χ1n) is 11.3. The highest BCUT2D eigenvalue weighted by molar-refractivity contribution is 5.57. The summed E-state index contributed by atoms with van der Waals surface area (Å²) in [7, 11) is 0. The minimum atomic E-state index is 0.638. The second kappa shape index (κ2) is 8.59. The zero-order chi connectivity index (χ0) is 19.5. The van der Waals surface area contributed by atoms with E-state index in [-0.39, 0.29) is 0 Å². The Hall–Kier alpha value is -1.96. The number of para-hydroxylation sites is 1. The van der Waals surface area contributed by atoms with E-state index >= 15 is 0 Å². The van der Waals surface area contributed by atoms with E-state index in [0.717, 1.165) is 35.5 Å². The summed E-state index contributed by atoms with van der Waals surface area (Å²) in [6, 6.07) is 14.8. The average Bonchev–Trinajstić information content (AvgIpc) is 2.71. The molecule has 2 aliphatic carbocycles. The van der Waals surface area contributed by atoms with Crippen molar-refractivity contribution >= 4 is 11.4 Å². The van der Waals surface area contributed by atoms with Crippen LogP contribution in [0.4, 0.5) is 11.4 Å². The highest BCUT2D eigenvalue weighted by Crippen LogP contribution is 2.45. The van der Waals surface area contributed by atoms with Gasteiger partial charge in [0.1, 0.15) is 0 Å². The molecule has 0 unspecified atom stereocenters. The molecule has 0 atom stereocenters. The Balaban J connectivity index is 1.41. The topological polar surface area (TPSA) is 52.0 Å². The van der Waals surface area contributed by atoms with Gasteiger partial charge in [0.05, 0.1) is 0 Å². The monoisotopic (exact) mass is 376 g/mol. The molecule has 4 rings (SSSR count). The van der Waals surface area contributed by atoms with Crippen LogP contribution in [0.15, 0.2) is 42.5 Å². The Morgan fingerprint density at radius 3 is 2.11 bits per heavy atom. The normalized spacial score (nSPS) is 28.2. The van der Waals surface area contributed by atoms with E-state index in [1.165, 1.54) is 68.1 Å². The van der Waals surface area contributed by atoms with Crippen molar-refractivity contribution in [3.05, 3.63) is 59.2 Å². The molecule has 0 heterocycles. The highest BCUT2D eigenvalue weighted by Gasteiger charge is 2.31. The molecular formula is C26H36N2. The Labute approximate surface area is 170 Å². The summed E-state index contributed by atoms with van der Waals surface area (Å²) in [6.07, 6.45) is 12.1. The van der Waals surface area contributed by atoms with Crippen LogP contribution in [0, 0.1) is 17.8 Å². The van der Waals surface area contributed by atoms with Crippen LogP contribution in [0.25, 0.3) is 0 Å². The molecule has 2 nitrogen and oxygen atoms in total. The molecule has 0 radical (unpaired) electrons. The smallest absolute Gasteiger partial charge is 0.0385 e. The second-order valence-corrected chi connectivity index (χ2v) is 9.47. The Morgan fingerprint density at radius 1 is 0.786 bits per heavy atom. The van der Waals surface area contributed by atoms with Gasteiger partial charge in [0.25, 0.3) is 0 Å². The molecule has 0 spiro atoms.